The molecule has 0 radical (unpaired) electrons. The molecule has 158 valence electrons. The van der Waals surface area contributed by atoms with Crippen molar-refractivity contribution < 1.29 is 14.3 Å². The van der Waals surface area contributed by atoms with E-state index in [9.17, 15) is 9.59 Å². The first-order valence-electron chi connectivity index (χ1n) is 10.3. The fraction of sp³-hybridized carbons (Fsp3) is 0.409. The predicted octanol–water partition coefficient (Wildman–Crippen LogP) is 2.36. The Morgan fingerprint density at radius 1 is 1.37 bits per heavy atom. The minimum absolute atomic E-state index is 0.0575. The van der Waals surface area contributed by atoms with Gasteiger partial charge in [-0.15, -0.1) is 0 Å². The molecule has 0 aliphatic carbocycles. The average Bonchev–Trinajstić information content (AvgIpc) is 3.43. The second-order valence-electron chi connectivity index (χ2n) is 7.59. The molecule has 8 heteroatoms. The number of likely N-dealkylation sites (N-methyl/N-ethyl adjacent to an activating group) is 2. The van der Waals surface area contributed by atoms with E-state index in [0.717, 1.165) is 35.9 Å². The number of aromatic nitrogens is 1. The van der Waals surface area contributed by atoms with Crippen LogP contribution in [-0.2, 0) is 20.9 Å². The molecule has 0 bridgehead atoms. The van der Waals surface area contributed by atoms with E-state index >= 15 is 0 Å². The third-order valence-corrected chi connectivity index (χ3v) is 6.13. The third-order valence-electron chi connectivity index (χ3n) is 5.64. The normalized spacial score (nSPS) is 20.7. The fourth-order valence-electron chi connectivity index (χ4n) is 4.00. The zero-order chi connectivity index (χ0) is 21.3. The van der Waals surface area contributed by atoms with Crippen LogP contribution in [0.15, 0.2) is 36.2 Å². The highest BCUT2D eigenvalue weighted by atomic mass is 32.1. The second kappa shape index (κ2) is 8.57. The molecule has 2 aliphatic heterocycles. The zero-order valence-corrected chi connectivity index (χ0v) is 18.1. The Kier molecular flexibility index (Phi) is 5.87. The lowest BCUT2D eigenvalue weighted by Crippen LogP contribution is -2.34. The maximum Gasteiger partial charge on any atom is 0.276 e. The number of nitrogens with zero attached hydrogens (tertiary/aromatic N) is 3. The Morgan fingerprint density at radius 2 is 2.17 bits per heavy atom. The lowest BCUT2D eigenvalue weighted by atomic mass is 10.1. The van der Waals surface area contributed by atoms with Crippen LogP contribution in [0.25, 0.3) is 17.0 Å². The lowest BCUT2D eigenvalue weighted by molar-refractivity contribution is -0.123. The van der Waals surface area contributed by atoms with Gasteiger partial charge in [-0.05, 0) is 44.1 Å². The van der Waals surface area contributed by atoms with Gasteiger partial charge in [0.25, 0.3) is 5.91 Å². The molecule has 7 nitrogen and oxygen atoms in total. The van der Waals surface area contributed by atoms with Crippen LogP contribution in [0.2, 0.25) is 0 Å². The summed E-state index contributed by atoms with van der Waals surface area (Å²) >= 11 is 5.39. The first-order chi connectivity index (χ1) is 14.5. The van der Waals surface area contributed by atoms with Crippen LogP contribution in [-0.4, -0.2) is 64.1 Å². The number of ether oxygens (including phenoxy) is 1. The molecule has 3 heterocycles. The smallest absolute Gasteiger partial charge is 0.276 e. The van der Waals surface area contributed by atoms with Gasteiger partial charge >= 0.3 is 0 Å². The van der Waals surface area contributed by atoms with Gasteiger partial charge in [-0.1, -0.05) is 18.2 Å². The number of rotatable bonds is 6. The van der Waals surface area contributed by atoms with E-state index in [0.29, 0.717) is 23.9 Å². The number of benzene rings is 1. The van der Waals surface area contributed by atoms with Gasteiger partial charge in [-0.3, -0.25) is 14.5 Å². The van der Waals surface area contributed by atoms with E-state index in [2.05, 4.69) is 5.32 Å². The highest BCUT2D eigenvalue weighted by Crippen LogP contribution is 2.27. The van der Waals surface area contributed by atoms with Crippen LogP contribution < -0.4 is 5.32 Å². The molecule has 4 rings (SSSR count). The average molecular weight is 427 g/mol. The molecule has 2 amide bonds. The topological polar surface area (TPSA) is 66.8 Å². The molecule has 2 aliphatic rings. The molecule has 2 aromatic rings. The molecule has 30 heavy (non-hydrogen) atoms. The number of hydrogen-bond donors (Lipinski definition) is 1. The molecule has 0 unspecified atom stereocenters. The summed E-state index contributed by atoms with van der Waals surface area (Å²) in [5, 5.41) is 4.46. The van der Waals surface area contributed by atoms with Crippen molar-refractivity contribution in [2.45, 2.75) is 32.4 Å². The van der Waals surface area contributed by atoms with E-state index < -0.39 is 0 Å². The van der Waals surface area contributed by atoms with Crippen molar-refractivity contribution in [1.29, 1.82) is 0 Å². The van der Waals surface area contributed by atoms with Crippen molar-refractivity contribution in [2.24, 2.45) is 0 Å². The number of amides is 2. The third kappa shape index (κ3) is 3.85. The van der Waals surface area contributed by atoms with E-state index in [1.54, 1.807) is 16.8 Å². The van der Waals surface area contributed by atoms with E-state index in [1.165, 1.54) is 0 Å². The van der Waals surface area contributed by atoms with E-state index in [-0.39, 0.29) is 24.5 Å². The molecule has 1 aromatic carbocycles. The lowest BCUT2D eigenvalue weighted by Gasteiger charge is -2.13. The molecule has 2 saturated heterocycles. The molecule has 0 spiro atoms. The van der Waals surface area contributed by atoms with Gasteiger partial charge in [-0.25, -0.2) is 0 Å². The van der Waals surface area contributed by atoms with E-state index in [4.69, 9.17) is 17.0 Å². The van der Waals surface area contributed by atoms with Crippen LogP contribution in [0, 0.1) is 0 Å². The molecule has 1 atom stereocenters. The Labute approximate surface area is 181 Å². The van der Waals surface area contributed by atoms with Gasteiger partial charge in [0, 0.05) is 49.4 Å². The van der Waals surface area contributed by atoms with Gasteiger partial charge < -0.3 is 19.5 Å². The summed E-state index contributed by atoms with van der Waals surface area (Å²) < 4.78 is 7.49. The number of fused-ring (bicyclic) bond motifs is 1. The maximum absolute atomic E-state index is 12.7. The molecular formula is C22H26N4O3S. The van der Waals surface area contributed by atoms with Crippen molar-refractivity contribution in [3.63, 3.8) is 0 Å². The summed E-state index contributed by atoms with van der Waals surface area (Å²) in [6.07, 6.45) is 5.93. The highest BCUT2D eigenvalue weighted by molar-refractivity contribution is 7.80. The molecule has 1 N–H and O–H groups in total. The number of carbonyl (C=O) groups excluding carboxylic acids is 2. The Hall–Kier alpha value is -2.71. The van der Waals surface area contributed by atoms with E-state index in [1.807, 2.05) is 48.0 Å². The standard InChI is InChI=1S/C22H26N4O3S/c1-3-26-21(28)19(24(2)22(26)30)11-15-13-25(18-9-5-4-8-17(15)18)14-20(27)23-12-16-7-6-10-29-16/h4-5,8-9,11,13,16H,3,6-7,10,12,14H2,1-2H3,(H,23,27)/b19-11-/t16-/m0/s1. The van der Waals surface area contributed by atoms with Crippen LogP contribution in [0.5, 0.6) is 0 Å². The largest absolute Gasteiger partial charge is 0.376 e. The number of carbonyl (C=O) groups is 2. The molecule has 1 aromatic heterocycles. The summed E-state index contributed by atoms with van der Waals surface area (Å²) in [6.45, 7) is 3.96. The number of thiocarbonyl (C=S) groups is 1. The van der Waals surface area contributed by atoms with Crippen LogP contribution in [0.4, 0.5) is 0 Å². The Balaban J connectivity index is 1.59. The van der Waals surface area contributed by atoms with Gasteiger partial charge in [0.05, 0.1) is 6.10 Å². The Bertz CT molecular complexity index is 1020. The zero-order valence-electron chi connectivity index (χ0n) is 17.3. The second-order valence-corrected chi connectivity index (χ2v) is 7.95. The quantitative estimate of drug-likeness (QED) is 0.567. The van der Waals surface area contributed by atoms with Crippen molar-refractivity contribution in [2.75, 3.05) is 26.7 Å². The van der Waals surface area contributed by atoms with Gasteiger partial charge in [0.2, 0.25) is 5.91 Å². The van der Waals surface area contributed by atoms with Gasteiger partial charge in [-0.2, -0.15) is 0 Å². The van der Waals surface area contributed by atoms with Crippen LogP contribution >= 0.6 is 12.2 Å². The minimum atomic E-state index is -0.101. The van der Waals surface area contributed by atoms with Crippen LogP contribution in [0.3, 0.4) is 0 Å². The predicted molar refractivity (Wildman–Crippen MR) is 120 cm³/mol. The summed E-state index contributed by atoms with van der Waals surface area (Å²) in [5.74, 6) is -0.158. The number of nitrogens with one attached hydrogen (secondary N) is 1. The molecule has 0 saturated carbocycles. The number of para-hydroxylation sites is 1. The summed E-state index contributed by atoms with van der Waals surface area (Å²) in [4.78, 5) is 28.6. The van der Waals surface area contributed by atoms with Gasteiger partial charge in [0.15, 0.2) is 5.11 Å². The molecule has 2 fully saturated rings. The maximum atomic E-state index is 12.7. The highest BCUT2D eigenvalue weighted by Gasteiger charge is 2.34. The van der Waals surface area contributed by atoms with Crippen molar-refractivity contribution in [3.8, 4) is 0 Å². The van der Waals surface area contributed by atoms with Crippen molar-refractivity contribution in [3.05, 3.63) is 41.7 Å². The first-order valence-corrected chi connectivity index (χ1v) is 10.7. The van der Waals surface area contributed by atoms with Crippen LogP contribution in [0.1, 0.15) is 25.3 Å². The summed E-state index contributed by atoms with van der Waals surface area (Å²) in [5.41, 5.74) is 2.36. The minimum Gasteiger partial charge on any atom is -0.376 e. The monoisotopic (exact) mass is 426 g/mol. The SMILES string of the molecule is CCN1C(=O)/C(=C/c2cn(CC(=O)NC[C@@H]3CCCO3)c3ccccc23)N(C)C1=S. The summed E-state index contributed by atoms with van der Waals surface area (Å²) in [6, 6.07) is 7.88. The Morgan fingerprint density at radius 3 is 2.87 bits per heavy atom. The van der Waals surface area contributed by atoms with Crippen molar-refractivity contribution >= 4 is 46.1 Å². The molecular weight excluding hydrogens is 400 g/mol. The summed E-state index contributed by atoms with van der Waals surface area (Å²) in [7, 11) is 1.81. The van der Waals surface area contributed by atoms with Gasteiger partial charge in [0.1, 0.15) is 12.2 Å². The first kappa shape index (κ1) is 20.6. The van der Waals surface area contributed by atoms with Crippen molar-refractivity contribution in [1.82, 2.24) is 19.7 Å². The number of hydrogen-bond acceptors (Lipinski definition) is 4. The fourth-order valence-corrected chi connectivity index (χ4v) is 4.31.